The summed E-state index contributed by atoms with van der Waals surface area (Å²) >= 11 is 1.03. The first kappa shape index (κ1) is 22.0. The topological polar surface area (TPSA) is 102 Å². The van der Waals surface area contributed by atoms with Gasteiger partial charge in [-0.1, -0.05) is 12.1 Å². The normalized spacial score (nSPS) is 20.1. The number of carbonyl (C=O) groups excluding carboxylic acids is 2. The van der Waals surface area contributed by atoms with Crippen molar-refractivity contribution in [3.63, 3.8) is 0 Å². The van der Waals surface area contributed by atoms with Gasteiger partial charge in [0.1, 0.15) is 5.75 Å². The fourth-order valence-electron chi connectivity index (χ4n) is 2.78. The third-order valence-electron chi connectivity index (χ3n) is 4.31. The molecule has 2 heterocycles. The molecule has 3 rings (SSSR count). The third kappa shape index (κ3) is 6.97. The maximum absolute atomic E-state index is 11.8. The average molecular weight is 433 g/mol. The van der Waals surface area contributed by atoms with Crippen LogP contribution in [0.25, 0.3) is 0 Å². The molecule has 10 heteroatoms. The van der Waals surface area contributed by atoms with Crippen molar-refractivity contribution in [2.45, 2.75) is 6.42 Å². The molecule has 0 aliphatic carbocycles. The number of rotatable bonds is 8. The molecule has 1 N–H and O–H groups in total. The lowest BCUT2D eigenvalue weighted by Crippen LogP contribution is -2.37. The summed E-state index contributed by atoms with van der Waals surface area (Å²) in [7, 11) is 1.25. The summed E-state index contributed by atoms with van der Waals surface area (Å²) in [5.41, 5.74) is 0.824. The molecule has 2 saturated heterocycles. The van der Waals surface area contributed by atoms with Crippen LogP contribution in [0.2, 0.25) is 0 Å². The largest absolute Gasteiger partial charge is 0.494 e. The zero-order chi connectivity index (χ0) is 21.2. The molecular weight excluding hydrogens is 408 g/mol. The molecule has 9 nitrogen and oxygen atoms in total. The summed E-state index contributed by atoms with van der Waals surface area (Å²) in [6, 6.07) is 7.54. The predicted octanol–water partition coefficient (Wildman–Crippen LogP) is 1.40. The van der Waals surface area contributed by atoms with Crippen LogP contribution in [0.15, 0.2) is 45.4 Å². The van der Waals surface area contributed by atoms with Crippen LogP contribution < -0.4 is 10.1 Å². The second-order valence-corrected chi connectivity index (χ2v) is 7.50. The number of methoxy groups -OCH3 is 1. The Hall–Kier alpha value is -2.69. The van der Waals surface area contributed by atoms with Gasteiger partial charge < -0.3 is 14.2 Å². The van der Waals surface area contributed by atoms with Crippen LogP contribution in [-0.4, -0.2) is 74.7 Å². The lowest BCUT2D eigenvalue weighted by Gasteiger charge is -2.26. The Labute approximate surface area is 179 Å². The van der Waals surface area contributed by atoms with E-state index >= 15 is 0 Å². The quantitative estimate of drug-likeness (QED) is 0.218. The van der Waals surface area contributed by atoms with Crippen molar-refractivity contribution in [3.05, 3.63) is 40.8 Å². The van der Waals surface area contributed by atoms with E-state index in [1.54, 1.807) is 6.21 Å². The van der Waals surface area contributed by atoms with Gasteiger partial charge in [-0.05, 0) is 35.9 Å². The fraction of sp³-hybridized carbons (Fsp3) is 0.400. The van der Waals surface area contributed by atoms with E-state index in [1.165, 1.54) is 7.11 Å². The van der Waals surface area contributed by atoms with E-state index in [1.807, 2.05) is 24.3 Å². The number of carbonyl (C=O) groups is 2. The van der Waals surface area contributed by atoms with Crippen LogP contribution >= 0.6 is 11.8 Å². The summed E-state index contributed by atoms with van der Waals surface area (Å²) in [6.07, 6.45) is 3.64. The smallest absolute Gasteiger partial charge is 0.331 e. The fourth-order valence-corrected chi connectivity index (χ4v) is 3.52. The van der Waals surface area contributed by atoms with Crippen molar-refractivity contribution in [2.24, 2.45) is 10.2 Å². The SMILES string of the molecule is COC(=O)/C=C1/S/C(=N\N=Cc2cccc(OCCCN3CCOCC3)c2)NC1=O. The van der Waals surface area contributed by atoms with E-state index in [0.717, 1.165) is 68.4 Å². The number of ether oxygens (including phenoxy) is 3. The second-order valence-electron chi connectivity index (χ2n) is 6.47. The van der Waals surface area contributed by atoms with E-state index in [2.05, 4.69) is 25.2 Å². The van der Waals surface area contributed by atoms with Crippen molar-refractivity contribution >= 4 is 35.0 Å². The number of nitrogens with one attached hydrogen (secondary N) is 1. The lowest BCUT2D eigenvalue weighted by atomic mass is 10.2. The number of amides is 1. The maximum atomic E-state index is 11.8. The average Bonchev–Trinajstić information content (AvgIpc) is 3.11. The van der Waals surface area contributed by atoms with Gasteiger partial charge in [0.15, 0.2) is 5.17 Å². The van der Waals surface area contributed by atoms with Gasteiger partial charge in [0.2, 0.25) is 0 Å². The first-order valence-corrected chi connectivity index (χ1v) is 10.4. The van der Waals surface area contributed by atoms with Crippen molar-refractivity contribution in [1.82, 2.24) is 10.2 Å². The monoisotopic (exact) mass is 432 g/mol. The van der Waals surface area contributed by atoms with Crippen molar-refractivity contribution in [1.29, 1.82) is 0 Å². The molecule has 0 saturated carbocycles. The molecule has 2 fully saturated rings. The number of esters is 1. The number of hydrogen-bond acceptors (Lipinski definition) is 9. The van der Waals surface area contributed by atoms with Crippen LogP contribution in [0.1, 0.15) is 12.0 Å². The molecule has 0 radical (unpaired) electrons. The van der Waals surface area contributed by atoms with E-state index < -0.39 is 11.9 Å². The van der Waals surface area contributed by atoms with Gasteiger partial charge in [-0.25, -0.2) is 4.79 Å². The Kier molecular flexibility index (Phi) is 8.42. The summed E-state index contributed by atoms with van der Waals surface area (Å²) in [5, 5.41) is 10.8. The first-order valence-electron chi connectivity index (χ1n) is 9.57. The minimum Gasteiger partial charge on any atom is -0.494 e. The highest BCUT2D eigenvalue weighted by atomic mass is 32.2. The predicted molar refractivity (Wildman–Crippen MR) is 115 cm³/mol. The van der Waals surface area contributed by atoms with E-state index in [4.69, 9.17) is 9.47 Å². The van der Waals surface area contributed by atoms with Gasteiger partial charge in [0.25, 0.3) is 5.91 Å². The standard InChI is InChI=1S/C20H24N4O5S/c1-27-18(25)13-17-19(26)22-20(30-17)23-21-14-15-4-2-5-16(12-15)29-9-3-6-24-7-10-28-11-8-24/h2,4-5,12-14H,3,6-11H2,1H3,(H,22,23,26)/b17-13+,21-14?. The van der Waals surface area contributed by atoms with Crippen molar-refractivity contribution in [2.75, 3.05) is 46.6 Å². The summed E-state index contributed by atoms with van der Waals surface area (Å²) in [4.78, 5) is 25.6. The van der Waals surface area contributed by atoms with Crippen LogP contribution in [-0.2, 0) is 19.1 Å². The van der Waals surface area contributed by atoms with Crippen LogP contribution in [0.5, 0.6) is 5.75 Å². The van der Waals surface area contributed by atoms with E-state index in [-0.39, 0.29) is 4.91 Å². The molecular formula is C20H24N4O5S. The number of benzene rings is 1. The zero-order valence-corrected chi connectivity index (χ0v) is 17.5. The third-order valence-corrected chi connectivity index (χ3v) is 5.21. The lowest BCUT2D eigenvalue weighted by molar-refractivity contribution is -0.135. The number of hydrogen-bond donors (Lipinski definition) is 1. The van der Waals surface area contributed by atoms with E-state index in [0.29, 0.717) is 11.8 Å². The molecule has 0 atom stereocenters. The molecule has 1 aromatic rings. The molecule has 160 valence electrons. The van der Waals surface area contributed by atoms with Crippen LogP contribution in [0.4, 0.5) is 0 Å². The molecule has 1 aromatic carbocycles. The highest BCUT2D eigenvalue weighted by molar-refractivity contribution is 8.18. The number of morpholine rings is 1. The van der Waals surface area contributed by atoms with Crippen LogP contribution in [0, 0.1) is 0 Å². The Balaban J connectivity index is 1.47. The molecule has 2 aliphatic heterocycles. The molecule has 0 aromatic heterocycles. The summed E-state index contributed by atoms with van der Waals surface area (Å²) < 4.78 is 15.7. The highest BCUT2D eigenvalue weighted by Crippen LogP contribution is 2.23. The molecule has 1 amide bonds. The Morgan fingerprint density at radius 1 is 1.37 bits per heavy atom. The molecule has 0 unspecified atom stereocenters. The number of thioether (sulfide) groups is 1. The minimum absolute atomic E-state index is 0.211. The maximum Gasteiger partial charge on any atom is 0.331 e. The van der Waals surface area contributed by atoms with Gasteiger partial charge in [-0.2, -0.15) is 5.10 Å². The zero-order valence-electron chi connectivity index (χ0n) is 16.7. The highest BCUT2D eigenvalue weighted by Gasteiger charge is 2.25. The Morgan fingerprint density at radius 3 is 3.00 bits per heavy atom. The first-order chi connectivity index (χ1) is 14.6. The Bertz CT molecular complexity index is 849. The minimum atomic E-state index is -0.598. The van der Waals surface area contributed by atoms with Crippen molar-refractivity contribution < 1.29 is 23.8 Å². The second kappa shape index (κ2) is 11.5. The molecule has 2 aliphatic rings. The summed E-state index contributed by atoms with van der Waals surface area (Å²) in [6.45, 7) is 5.20. The molecule has 30 heavy (non-hydrogen) atoms. The van der Waals surface area contributed by atoms with Crippen LogP contribution in [0.3, 0.4) is 0 Å². The van der Waals surface area contributed by atoms with Gasteiger partial charge in [0.05, 0.1) is 38.1 Å². The molecule has 0 bridgehead atoms. The van der Waals surface area contributed by atoms with Gasteiger partial charge >= 0.3 is 5.97 Å². The number of amidine groups is 1. The van der Waals surface area contributed by atoms with E-state index in [9.17, 15) is 9.59 Å². The van der Waals surface area contributed by atoms with Gasteiger partial charge in [-0.3, -0.25) is 15.0 Å². The molecule has 0 spiro atoms. The number of nitrogens with zero attached hydrogens (tertiary/aromatic N) is 3. The summed E-state index contributed by atoms with van der Waals surface area (Å²) in [5.74, 6) is -0.244. The van der Waals surface area contributed by atoms with Crippen molar-refractivity contribution in [3.8, 4) is 5.75 Å². The Morgan fingerprint density at radius 2 is 2.20 bits per heavy atom. The van der Waals surface area contributed by atoms with Gasteiger partial charge in [0, 0.05) is 25.7 Å². The van der Waals surface area contributed by atoms with Gasteiger partial charge in [-0.15, -0.1) is 5.10 Å².